The van der Waals surface area contributed by atoms with Crippen LogP contribution in [-0.2, 0) is 4.79 Å². The lowest BCUT2D eigenvalue weighted by atomic mass is 10.2. The van der Waals surface area contributed by atoms with Crippen LogP contribution in [0.3, 0.4) is 0 Å². The van der Waals surface area contributed by atoms with Crippen LogP contribution >= 0.6 is 0 Å². The first-order valence-electron chi connectivity index (χ1n) is 5.75. The smallest absolute Gasteiger partial charge is 0.222 e. The fourth-order valence-corrected chi connectivity index (χ4v) is 1.43. The Morgan fingerprint density at radius 2 is 2.33 bits per heavy atom. The van der Waals surface area contributed by atoms with Crippen LogP contribution in [0.1, 0.15) is 39.0 Å². The van der Waals surface area contributed by atoms with Crippen LogP contribution in [0.25, 0.3) is 0 Å². The first kappa shape index (κ1) is 12.1. The molecule has 1 aliphatic rings. The van der Waals surface area contributed by atoms with Crippen LogP contribution in [0.4, 0.5) is 0 Å². The van der Waals surface area contributed by atoms with E-state index >= 15 is 0 Å². The number of hydrogen-bond acceptors (Lipinski definition) is 2. The van der Waals surface area contributed by atoms with Gasteiger partial charge in [-0.05, 0) is 19.3 Å². The van der Waals surface area contributed by atoms with Crippen LogP contribution in [-0.4, -0.2) is 24.5 Å². The summed E-state index contributed by atoms with van der Waals surface area (Å²) in [6, 6.07) is 0.570. The van der Waals surface area contributed by atoms with Crippen molar-refractivity contribution in [3.8, 4) is 12.3 Å². The van der Waals surface area contributed by atoms with Gasteiger partial charge in [0.2, 0.25) is 5.91 Å². The molecule has 0 radical (unpaired) electrons. The highest BCUT2D eigenvalue weighted by Gasteiger charge is 2.20. The summed E-state index contributed by atoms with van der Waals surface area (Å²) in [6.45, 7) is 2.82. The third-order valence-electron chi connectivity index (χ3n) is 2.48. The molecule has 3 nitrogen and oxygen atoms in total. The third-order valence-corrected chi connectivity index (χ3v) is 2.48. The zero-order valence-corrected chi connectivity index (χ0v) is 9.38. The van der Waals surface area contributed by atoms with E-state index in [1.54, 1.807) is 0 Å². The maximum atomic E-state index is 11.4. The average Bonchev–Trinajstić information content (AvgIpc) is 3.01. The highest BCUT2D eigenvalue weighted by atomic mass is 16.1. The molecule has 0 aromatic rings. The molecule has 2 N–H and O–H groups in total. The molecule has 3 heteroatoms. The van der Waals surface area contributed by atoms with Gasteiger partial charge in [0.1, 0.15) is 0 Å². The molecule has 0 saturated heterocycles. The van der Waals surface area contributed by atoms with Crippen LogP contribution in [0.2, 0.25) is 0 Å². The predicted molar refractivity (Wildman–Crippen MR) is 61.3 cm³/mol. The van der Waals surface area contributed by atoms with Gasteiger partial charge in [-0.3, -0.25) is 4.79 Å². The molecule has 1 saturated carbocycles. The standard InChI is InChI=1S/C12H20N2O/c1-3-5-10(4-2)14-12(15)8-9-13-11-6-7-11/h2,10-11,13H,3,5-9H2,1H3,(H,14,15). The van der Waals surface area contributed by atoms with Gasteiger partial charge in [-0.25, -0.2) is 0 Å². The Kier molecular flexibility index (Phi) is 5.20. The Balaban J connectivity index is 2.07. The monoisotopic (exact) mass is 208 g/mol. The first-order valence-corrected chi connectivity index (χ1v) is 5.75. The molecule has 84 valence electrons. The van der Waals surface area contributed by atoms with Crippen molar-refractivity contribution in [2.75, 3.05) is 6.54 Å². The highest BCUT2D eigenvalue weighted by Crippen LogP contribution is 2.18. The molecule has 15 heavy (non-hydrogen) atoms. The lowest BCUT2D eigenvalue weighted by Gasteiger charge is -2.11. The summed E-state index contributed by atoms with van der Waals surface area (Å²) in [5, 5.41) is 6.14. The number of nitrogens with one attached hydrogen (secondary N) is 2. The molecule has 0 aromatic heterocycles. The molecule has 1 unspecified atom stereocenters. The Morgan fingerprint density at radius 3 is 2.87 bits per heavy atom. The summed E-state index contributed by atoms with van der Waals surface area (Å²) in [6.07, 6.45) is 10.2. The normalized spacial score (nSPS) is 16.8. The van der Waals surface area contributed by atoms with Gasteiger partial charge in [0.05, 0.1) is 6.04 Å². The van der Waals surface area contributed by atoms with E-state index in [-0.39, 0.29) is 11.9 Å². The van der Waals surface area contributed by atoms with Gasteiger partial charge in [0, 0.05) is 19.0 Å². The van der Waals surface area contributed by atoms with E-state index in [0.717, 1.165) is 19.4 Å². The number of carbonyl (C=O) groups excluding carboxylic acids is 1. The van der Waals surface area contributed by atoms with Crippen molar-refractivity contribution in [3.05, 3.63) is 0 Å². The van der Waals surface area contributed by atoms with Crippen LogP contribution in [0.15, 0.2) is 0 Å². The van der Waals surface area contributed by atoms with Crippen molar-refractivity contribution >= 4 is 5.91 Å². The molecule has 0 aromatic carbocycles. The van der Waals surface area contributed by atoms with Crippen molar-refractivity contribution in [1.29, 1.82) is 0 Å². The zero-order chi connectivity index (χ0) is 11.1. The van der Waals surface area contributed by atoms with E-state index in [2.05, 4.69) is 23.5 Å². The number of terminal acetylenes is 1. The maximum Gasteiger partial charge on any atom is 0.222 e. The third kappa shape index (κ3) is 5.44. The second-order valence-corrected chi connectivity index (χ2v) is 4.05. The summed E-state index contributed by atoms with van der Waals surface area (Å²) in [5.41, 5.74) is 0. The van der Waals surface area contributed by atoms with Gasteiger partial charge >= 0.3 is 0 Å². The van der Waals surface area contributed by atoms with Gasteiger partial charge in [0.25, 0.3) is 0 Å². The minimum Gasteiger partial charge on any atom is -0.342 e. The van der Waals surface area contributed by atoms with Crippen LogP contribution < -0.4 is 10.6 Å². The fraction of sp³-hybridized carbons (Fsp3) is 0.750. The second kappa shape index (κ2) is 6.47. The maximum absolute atomic E-state index is 11.4. The van der Waals surface area contributed by atoms with Crippen molar-refractivity contribution < 1.29 is 4.79 Å². The van der Waals surface area contributed by atoms with Gasteiger partial charge in [0.15, 0.2) is 0 Å². The van der Waals surface area contributed by atoms with Gasteiger partial charge in [-0.1, -0.05) is 19.3 Å². The van der Waals surface area contributed by atoms with E-state index in [4.69, 9.17) is 6.42 Å². The Labute approximate surface area is 92.0 Å². The van der Waals surface area contributed by atoms with Crippen LogP contribution in [0, 0.1) is 12.3 Å². The number of hydrogen-bond donors (Lipinski definition) is 2. The van der Waals surface area contributed by atoms with E-state index in [1.807, 2.05) is 0 Å². The molecule has 0 heterocycles. The molecule has 1 rings (SSSR count). The average molecular weight is 208 g/mol. The number of rotatable bonds is 7. The quantitative estimate of drug-likeness (QED) is 0.614. The first-order chi connectivity index (χ1) is 7.26. The summed E-state index contributed by atoms with van der Waals surface area (Å²) >= 11 is 0. The van der Waals surface area contributed by atoms with E-state index in [1.165, 1.54) is 12.8 Å². The van der Waals surface area contributed by atoms with Gasteiger partial charge in [-0.2, -0.15) is 0 Å². The van der Waals surface area contributed by atoms with Crippen molar-refractivity contribution in [1.82, 2.24) is 10.6 Å². The Bertz CT molecular complexity index is 240. The predicted octanol–water partition coefficient (Wildman–Crippen LogP) is 1.05. The molecule has 0 bridgehead atoms. The Hall–Kier alpha value is -1.01. The fourth-order valence-electron chi connectivity index (χ4n) is 1.43. The summed E-state index contributed by atoms with van der Waals surface area (Å²) in [7, 11) is 0. The number of amides is 1. The van der Waals surface area contributed by atoms with E-state index in [9.17, 15) is 4.79 Å². The second-order valence-electron chi connectivity index (χ2n) is 4.05. The van der Waals surface area contributed by atoms with Crippen LogP contribution in [0.5, 0.6) is 0 Å². The Morgan fingerprint density at radius 1 is 1.60 bits per heavy atom. The molecule has 1 aliphatic carbocycles. The molecule has 1 atom stereocenters. The van der Waals surface area contributed by atoms with Gasteiger partial charge < -0.3 is 10.6 Å². The van der Waals surface area contributed by atoms with Crippen molar-refractivity contribution in [2.24, 2.45) is 0 Å². The molecular weight excluding hydrogens is 188 g/mol. The molecule has 0 spiro atoms. The topological polar surface area (TPSA) is 41.1 Å². The van der Waals surface area contributed by atoms with Crippen molar-refractivity contribution in [2.45, 2.75) is 51.1 Å². The lowest BCUT2D eigenvalue weighted by molar-refractivity contribution is -0.121. The SMILES string of the molecule is C#CC(CCC)NC(=O)CCNC1CC1. The van der Waals surface area contributed by atoms with E-state index < -0.39 is 0 Å². The highest BCUT2D eigenvalue weighted by molar-refractivity contribution is 5.76. The van der Waals surface area contributed by atoms with Crippen molar-refractivity contribution in [3.63, 3.8) is 0 Å². The van der Waals surface area contributed by atoms with E-state index in [0.29, 0.717) is 12.5 Å². The minimum atomic E-state index is -0.0941. The molecule has 1 amide bonds. The molecule has 0 aliphatic heterocycles. The number of carbonyl (C=O) groups is 1. The van der Waals surface area contributed by atoms with Gasteiger partial charge in [-0.15, -0.1) is 6.42 Å². The zero-order valence-electron chi connectivity index (χ0n) is 9.38. The summed E-state index contributed by atoms with van der Waals surface area (Å²) < 4.78 is 0. The summed E-state index contributed by atoms with van der Waals surface area (Å²) in [4.78, 5) is 11.4. The largest absolute Gasteiger partial charge is 0.342 e. The molecule has 1 fully saturated rings. The lowest BCUT2D eigenvalue weighted by Crippen LogP contribution is -2.35. The minimum absolute atomic E-state index is 0.0551. The summed E-state index contributed by atoms with van der Waals surface area (Å²) in [5.74, 6) is 2.65. The molecular formula is C12H20N2O.